The maximum Gasteiger partial charge on any atom is 0.135 e. The molecule has 5 heteroatoms. The van der Waals surface area contributed by atoms with Gasteiger partial charge in [0, 0.05) is 48.0 Å². The van der Waals surface area contributed by atoms with E-state index in [1.54, 1.807) is 0 Å². The lowest BCUT2D eigenvalue weighted by molar-refractivity contribution is -0.253. The lowest BCUT2D eigenvalue weighted by atomic mass is 9.60. The van der Waals surface area contributed by atoms with Gasteiger partial charge in [0.15, 0.2) is 0 Å². The molecule has 0 atom stereocenters. The van der Waals surface area contributed by atoms with Crippen molar-refractivity contribution in [3.05, 3.63) is 53.2 Å². The number of fused-ring (bicyclic) bond motifs is 2. The van der Waals surface area contributed by atoms with Crippen molar-refractivity contribution in [3.63, 3.8) is 0 Å². The zero-order chi connectivity index (χ0) is 19.3. The van der Waals surface area contributed by atoms with Gasteiger partial charge in [-0.05, 0) is 29.0 Å². The highest BCUT2D eigenvalue weighted by Gasteiger charge is 2.62. The van der Waals surface area contributed by atoms with E-state index >= 15 is 0 Å². The summed E-state index contributed by atoms with van der Waals surface area (Å²) in [6.45, 7) is 8.04. The van der Waals surface area contributed by atoms with E-state index in [0.29, 0.717) is 5.15 Å². The summed E-state index contributed by atoms with van der Waals surface area (Å²) in [6, 6.07) is 14.9. The first kappa shape index (κ1) is 17.2. The summed E-state index contributed by atoms with van der Waals surface area (Å²) < 4.78 is 0. The Labute approximate surface area is 169 Å². The minimum absolute atomic E-state index is 0.0747. The van der Waals surface area contributed by atoms with Crippen LogP contribution >= 0.6 is 11.6 Å². The Balaban J connectivity index is 1.48. The van der Waals surface area contributed by atoms with Crippen LogP contribution in [0.5, 0.6) is 0 Å². The Kier molecular flexibility index (Phi) is 3.34. The first-order chi connectivity index (χ1) is 13.4. The van der Waals surface area contributed by atoms with E-state index in [0.717, 1.165) is 42.6 Å². The molecule has 0 aliphatic carbocycles. The second-order valence-corrected chi connectivity index (χ2v) is 10.0. The molecule has 144 valence electrons. The van der Waals surface area contributed by atoms with Crippen LogP contribution in [0.3, 0.4) is 0 Å². The topological polar surface area (TPSA) is 39.6 Å². The smallest absolute Gasteiger partial charge is 0.135 e. The monoisotopic (exact) mass is 393 g/mol. The van der Waals surface area contributed by atoms with Gasteiger partial charge in [0.2, 0.25) is 0 Å². The Morgan fingerprint density at radius 2 is 1.50 bits per heavy atom. The molecule has 5 heterocycles. The predicted molar refractivity (Wildman–Crippen MR) is 112 cm³/mol. The van der Waals surface area contributed by atoms with Crippen LogP contribution in [0.2, 0.25) is 5.15 Å². The van der Waals surface area contributed by atoms with Crippen LogP contribution < -0.4 is 0 Å². The summed E-state index contributed by atoms with van der Waals surface area (Å²) in [5, 5.41) is 15.0. The van der Waals surface area contributed by atoms with Gasteiger partial charge >= 0.3 is 0 Å². The predicted octanol–water partition coefficient (Wildman–Crippen LogP) is 4.06. The average Bonchev–Trinajstić information content (AvgIpc) is 2.64. The van der Waals surface area contributed by atoms with Gasteiger partial charge in [-0.1, -0.05) is 49.7 Å². The molecule has 4 nitrogen and oxygen atoms in total. The molecule has 0 unspecified atom stereocenters. The van der Waals surface area contributed by atoms with Crippen LogP contribution in [-0.2, 0) is 0 Å². The summed E-state index contributed by atoms with van der Waals surface area (Å²) in [7, 11) is 0. The molecule has 2 aromatic carbocycles. The molecule has 4 fully saturated rings. The lowest BCUT2D eigenvalue weighted by Crippen LogP contribution is -2.76. The fourth-order valence-corrected chi connectivity index (χ4v) is 6.50. The molecule has 0 amide bonds. The van der Waals surface area contributed by atoms with E-state index in [2.05, 4.69) is 66.1 Å². The van der Waals surface area contributed by atoms with Gasteiger partial charge in [-0.15, -0.1) is 0 Å². The molecular formula is C23H24ClN3O. The van der Waals surface area contributed by atoms with E-state index in [1.165, 1.54) is 10.8 Å². The molecule has 4 saturated heterocycles. The van der Waals surface area contributed by atoms with Gasteiger partial charge in [-0.2, -0.15) is 0 Å². The van der Waals surface area contributed by atoms with Crippen molar-refractivity contribution in [3.8, 4) is 0 Å². The molecule has 7 rings (SSSR count). The molecule has 0 spiro atoms. The first-order valence-electron chi connectivity index (χ1n) is 10.0. The maximum absolute atomic E-state index is 10.9. The molecule has 4 aliphatic heterocycles. The standard InChI is InChI=1S/C23H24ClN3O/c1-22-10-26-12-23(2,21(22)28)13-27(11-22)20(26)17-8-16-7-14-5-3-4-6-15(14)9-18(16)25-19(17)24/h3-9,20-21,28H,10-13H2,1-2H3. The Bertz CT molecular complexity index is 1090. The minimum Gasteiger partial charge on any atom is -0.392 e. The van der Waals surface area contributed by atoms with Crippen LogP contribution in [0, 0.1) is 10.8 Å². The number of nitrogens with zero attached hydrogens (tertiary/aromatic N) is 3. The fourth-order valence-electron chi connectivity index (χ4n) is 6.26. The third-order valence-corrected chi connectivity index (χ3v) is 7.51. The van der Waals surface area contributed by atoms with Crippen molar-refractivity contribution in [1.82, 2.24) is 14.8 Å². The Morgan fingerprint density at radius 3 is 2.11 bits per heavy atom. The van der Waals surface area contributed by atoms with E-state index in [-0.39, 0.29) is 23.1 Å². The quantitative estimate of drug-likeness (QED) is 0.500. The maximum atomic E-state index is 10.9. The van der Waals surface area contributed by atoms with Crippen molar-refractivity contribution in [2.45, 2.75) is 26.1 Å². The zero-order valence-corrected chi connectivity index (χ0v) is 16.9. The molecule has 4 aliphatic rings. The highest BCUT2D eigenvalue weighted by Crippen LogP contribution is 2.54. The number of hydrogen-bond donors (Lipinski definition) is 1. The number of benzene rings is 2. The van der Waals surface area contributed by atoms with Crippen LogP contribution in [0.25, 0.3) is 21.7 Å². The summed E-state index contributed by atoms with van der Waals surface area (Å²) in [4.78, 5) is 9.76. The van der Waals surface area contributed by atoms with E-state index in [1.807, 2.05) is 0 Å². The van der Waals surface area contributed by atoms with Crippen molar-refractivity contribution < 1.29 is 5.11 Å². The highest BCUT2D eigenvalue weighted by atomic mass is 35.5. The Morgan fingerprint density at radius 1 is 0.929 bits per heavy atom. The zero-order valence-electron chi connectivity index (χ0n) is 16.2. The van der Waals surface area contributed by atoms with Gasteiger partial charge in [-0.3, -0.25) is 9.80 Å². The van der Waals surface area contributed by atoms with E-state index in [9.17, 15) is 5.11 Å². The molecular weight excluding hydrogens is 370 g/mol. The third kappa shape index (κ3) is 2.20. The lowest BCUT2D eigenvalue weighted by Gasteiger charge is -2.68. The molecule has 1 aromatic heterocycles. The largest absolute Gasteiger partial charge is 0.392 e. The number of pyridine rings is 1. The van der Waals surface area contributed by atoms with Gasteiger partial charge in [-0.25, -0.2) is 4.98 Å². The van der Waals surface area contributed by atoms with E-state index in [4.69, 9.17) is 16.6 Å². The number of aromatic nitrogens is 1. The number of halogens is 1. The second-order valence-electron chi connectivity index (χ2n) is 9.65. The Hall–Kier alpha value is -1.72. The molecule has 0 radical (unpaired) electrons. The van der Waals surface area contributed by atoms with Crippen molar-refractivity contribution in [2.24, 2.45) is 10.8 Å². The fraction of sp³-hybridized carbons (Fsp3) is 0.435. The van der Waals surface area contributed by atoms with Crippen LogP contribution in [-0.4, -0.2) is 52.2 Å². The molecule has 28 heavy (non-hydrogen) atoms. The molecule has 4 bridgehead atoms. The van der Waals surface area contributed by atoms with Crippen LogP contribution in [0.15, 0.2) is 42.5 Å². The van der Waals surface area contributed by atoms with Gasteiger partial charge in [0.05, 0.1) is 17.8 Å². The molecule has 0 saturated carbocycles. The summed E-state index contributed by atoms with van der Waals surface area (Å²) in [5.74, 6) is 0. The molecule has 3 aromatic rings. The second kappa shape index (κ2) is 5.45. The van der Waals surface area contributed by atoms with Crippen LogP contribution in [0.4, 0.5) is 0 Å². The number of piperidine rings is 2. The number of aliphatic hydroxyl groups is 1. The SMILES string of the molecule is CC12CN3CC(C)(CN(C1)C3c1cc3cc4ccccc4cc3nc1Cl)C2O. The van der Waals surface area contributed by atoms with Gasteiger partial charge in [0.25, 0.3) is 0 Å². The van der Waals surface area contributed by atoms with E-state index < -0.39 is 0 Å². The number of rotatable bonds is 1. The van der Waals surface area contributed by atoms with Crippen molar-refractivity contribution >= 4 is 33.3 Å². The third-order valence-electron chi connectivity index (χ3n) is 7.21. The summed E-state index contributed by atoms with van der Waals surface area (Å²) >= 11 is 6.73. The van der Waals surface area contributed by atoms with Crippen LogP contribution in [0.1, 0.15) is 25.6 Å². The van der Waals surface area contributed by atoms with Gasteiger partial charge in [0.1, 0.15) is 5.15 Å². The normalized spacial score (nSPS) is 39.1. The number of aliphatic hydroxyl groups excluding tert-OH is 1. The summed E-state index contributed by atoms with van der Waals surface area (Å²) in [6.07, 6.45) is -0.102. The summed E-state index contributed by atoms with van der Waals surface area (Å²) in [5.41, 5.74) is 1.88. The van der Waals surface area contributed by atoms with Crippen molar-refractivity contribution in [2.75, 3.05) is 26.2 Å². The minimum atomic E-state index is -0.245. The molecule has 1 N–H and O–H groups in total. The highest BCUT2D eigenvalue weighted by molar-refractivity contribution is 6.30. The number of hydrogen-bond acceptors (Lipinski definition) is 4. The average molecular weight is 394 g/mol. The van der Waals surface area contributed by atoms with Crippen molar-refractivity contribution in [1.29, 1.82) is 0 Å². The first-order valence-corrected chi connectivity index (χ1v) is 10.4. The van der Waals surface area contributed by atoms with Gasteiger partial charge < -0.3 is 5.11 Å².